The highest BCUT2D eigenvalue weighted by Crippen LogP contribution is 2.18. The van der Waals surface area contributed by atoms with Crippen LogP contribution in [0.4, 0.5) is 0 Å². The molecule has 0 saturated carbocycles. The van der Waals surface area contributed by atoms with Gasteiger partial charge >= 0.3 is 0 Å². The fourth-order valence-corrected chi connectivity index (χ4v) is 2.44. The first-order chi connectivity index (χ1) is 11.2. The topological polar surface area (TPSA) is 76.0 Å². The first-order valence-corrected chi connectivity index (χ1v) is 8.04. The van der Waals surface area contributed by atoms with Gasteiger partial charge in [0.15, 0.2) is 5.16 Å². The third-order valence-electron chi connectivity index (χ3n) is 2.97. The summed E-state index contributed by atoms with van der Waals surface area (Å²) in [5, 5.41) is 5.87. The van der Waals surface area contributed by atoms with Crippen LogP contribution in [0, 0.1) is 12.3 Å². The molecule has 0 atom stereocenters. The maximum atomic E-state index is 12.1. The summed E-state index contributed by atoms with van der Waals surface area (Å²) in [6.45, 7) is 0.0220. The van der Waals surface area contributed by atoms with Crippen LogP contribution < -0.4 is 10.6 Å². The van der Waals surface area contributed by atoms with E-state index >= 15 is 0 Å². The molecule has 0 radical (unpaired) electrons. The Balaban J connectivity index is 2.06. The molecule has 0 aliphatic carbocycles. The van der Waals surface area contributed by atoms with Crippen LogP contribution in [0.2, 0.25) is 0 Å². The summed E-state index contributed by atoms with van der Waals surface area (Å²) in [5.41, 5.74) is 1.30. The summed E-state index contributed by atoms with van der Waals surface area (Å²) in [6.07, 6.45) is 10.5. The molecule has 118 valence electrons. The number of carbonyl (C=O) groups excluding carboxylic acids is 2. The average molecular weight is 328 g/mol. The zero-order valence-corrected chi connectivity index (χ0v) is 13.4. The van der Waals surface area contributed by atoms with E-state index in [9.17, 15) is 9.59 Å². The molecule has 1 aromatic carbocycles. The van der Waals surface area contributed by atoms with Gasteiger partial charge in [0.2, 0.25) is 5.91 Å². The summed E-state index contributed by atoms with van der Waals surface area (Å²) in [7, 11) is 0. The SMILES string of the molecule is C#CCNC(=O)CNC(=O)c1cccc(-n2ccnc2SC)c1. The van der Waals surface area contributed by atoms with Crippen molar-refractivity contribution < 1.29 is 9.59 Å². The van der Waals surface area contributed by atoms with Gasteiger partial charge in [-0.1, -0.05) is 23.7 Å². The summed E-state index contributed by atoms with van der Waals surface area (Å²) in [5.74, 6) is 1.64. The molecule has 0 spiro atoms. The number of imidazole rings is 1. The fourth-order valence-electron chi connectivity index (χ4n) is 1.91. The largest absolute Gasteiger partial charge is 0.344 e. The van der Waals surface area contributed by atoms with Crippen molar-refractivity contribution in [2.24, 2.45) is 0 Å². The van der Waals surface area contributed by atoms with Gasteiger partial charge in [0.25, 0.3) is 5.91 Å². The Kier molecular flexibility index (Phi) is 5.83. The second kappa shape index (κ2) is 8.06. The Morgan fingerprint density at radius 2 is 2.22 bits per heavy atom. The quantitative estimate of drug-likeness (QED) is 0.614. The Bertz CT molecular complexity index is 749. The maximum Gasteiger partial charge on any atom is 0.251 e. The molecule has 0 aliphatic heterocycles. The van der Waals surface area contributed by atoms with Gasteiger partial charge in [-0.2, -0.15) is 0 Å². The highest BCUT2D eigenvalue weighted by molar-refractivity contribution is 7.98. The van der Waals surface area contributed by atoms with Gasteiger partial charge in [-0.15, -0.1) is 6.42 Å². The summed E-state index contributed by atoms with van der Waals surface area (Å²) in [4.78, 5) is 27.8. The number of nitrogens with zero attached hydrogens (tertiary/aromatic N) is 2. The second-order valence-electron chi connectivity index (χ2n) is 4.50. The molecule has 2 aromatic rings. The molecule has 2 rings (SSSR count). The van der Waals surface area contributed by atoms with Crippen molar-refractivity contribution in [2.45, 2.75) is 5.16 Å². The molecule has 6 nitrogen and oxygen atoms in total. The van der Waals surface area contributed by atoms with Crippen LogP contribution in [-0.2, 0) is 4.79 Å². The van der Waals surface area contributed by atoms with Gasteiger partial charge < -0.3 is 10.6 Å². The molecule has 1 aromatic heterocycles. The van der Waals surface area contributed by atoms with Crippen molar-refractivity contribution in [3.05, 3.63) is 42.2 Å². The van der Waals surface area contributed by atoms with Gasteiger partial charge in [0, 0.05) is 23.6 Å². The van der Waals surface area contributed by atoms with Gasteiger partial charge in [0.1, 0.15) is 0 Å². The lowest BCUT2D eigenvalue weighted by molar-refractivity contribution is -0.119. The van der Waals surface area contributed by atoms with Gasteiger partial charge in [-0.05, 0) is 24.5 Å². The Labute approximate surface area is 138 Å². The number of hydrogen-bond acceptors (Lipinski definition) is 4. The minimum Gasteiger partial charge on any atom is -0.344 e. The number of nitrogens with one attached hydrogen (secondary N) is 2. The lowest BCUT2D eigenvalue weighted by Crippen LogP contribution is -2.37. The van der Waals surface area contributed by atoms with E-state index in [2.05, 4.69) is 21.5 Å². The maximum absolute atomic E-state index is 12.1. The minimum atomic E-state index is -0.327. The summed E-state index contributed by atoms with van der Waals surface area (Å²) >= 11 is 1.52. The molecule has 0 unspecified atom stereocenters. The van der Waals surface area contributed by atoms with Crippen molar-refractivity contribution >= 4 is 23.6 Å². The monoisotopic (exact) mass is 328 g/mol. The van der Waals surface area contributed by atoms with Crippen LogP contribution in [0.1, 0.15) is 10.4 Å². The van der Waals surface area contributed by atoms with Crippen LogP contribution in [-0.4, -0.2) is 40.7 Å². The van der Waals surface area contributed by atoms with Crippen LogP contribution >= 0.6 is 11.8 Å². The van der Waals surface area contributed by atoms with Crippen LogP contribution in [0.5, 0.6) is 0 Å². The van der Waals surface area contributed by atoms with E-state index < -0.39 is 0 Å². The standard InChI is InChI=1S/C16H16N4O2S/c1-3-7-17-14(21)11-19-15(22)12-5-4-6-13(10-12)20-9-8-18-16(20)23-2/h1,4-6,8-10H,7,11H2,2H3,(H,17,21)(H,19,22). The number of aromatic nitrogens is 2. The molecule has 23 heavy (non-hydrogen) atoms. The average Bonchev–Trinajstić information content (AvgIpc) is 3.06. The van der Waals surface area contributed by atoms with Gasteiger partial charge in [-0.25, -0.2) is 4.98 Å². The molecule has 0 fully saturated rings. The number of terminal acetylenes is 1. The van der Waals surface area contributed by atoms with E-state index in [0.717, 1.165) is 10.8 Å². The highest BCUT2D eigenvalue weighted by atomic mass is 32.2. The zero-order chi connectivity index (χ0) is 16.7. The number of carbonyl (C=O) groups is 2. The van der Waals surface area contributed by atoms with Crippen LogP contribution in [0.15, 0.2) is 41.8 Å². The zero-order valence-electron chi connectivity index (χ0n) is 12.6. The number of thioether (sulfide) groups is 1. The smallest absolute Gasteiger partial charge is 0.251 e. The van der Waals surface area contributed by atoms with Crippen LogP contribution in [0.3, 0.4) is 0 Å². The van der Waals surface area contributed by atoms with E-state index in [1.165, 1.54) is 11.8 Å². The molecule has 1 heterocycles. The lowest BCUT2D eigenvalue weighted by Gasteiger charge is -2.09. The van der Waals surface area contributed by atoms with Crippen LogP contribution in [0.25, 0.3) is 5.69 Å². The molecule has 0 saturated heterocycles. The summed E-state index contributed by atoms with van der Waals surface area (Å²) in [6, 6.07) is 7.11. The van der Waals surface area contributed by atoms with Gasteiger partial charge in [0.05, 0.1) is 13.1 Å². The molecule has 0 aliphatic rings. The third-order valence-corrected chi connectivity index (χ3v) is 3.64. The Hall–Kier alpha value is -2.72. The van der Waals surface area contributed by atoms with Crippen molar-refractivity contribution in [3.63, 3.8) is 0 Å². The Morgan fingerprint density at radius 1 is 1.39 bits per heavy atom. The van der Waals surface area contributed by atoms with Crippen molar-refractivity contribution in [2.75, 3.05) is 19.3 Å². The second-order valence-corrected chi connectivity index (χ2v) is 5.27. The fraction of sp³-hybridized carbons (Fsp3) is 0.188. The van der Waals surface area contributed by atoms with Crippen molar-refractivity contribution in [1.82, 2.24) is 20.2 Å². The molecular formula is C16H16N4O2S. The van der Waals surface area contributed by atoms with Crippen molar-refractivity contribution in [3.8, 4) is 18.0 Å². The van der Waals surface area contributed by atoms with Gasteiger partial charge in [-0.3, -0.25) is 14.2 Å². The van der Waals surface area contributed by atoms with Crippen molar-refractivity contribution in [1.29, 1.82) is 0 Å². The molecular weight excluding hydrogens is 312 g/mol. The molecule has 2 N–H and O–H groups in total. The highest BCUT2D eigenvalue weighted by Gasteiger charge is 2.10. The molecule has 2 amide bonds. The Morgan fingerprint density at radius 3 is 2.96 bits per heavy atom. The number of amides is 2. The number of benzene rings is 1. The first kappa shape index (κ1) is 16.6. The minimum absolute atomic E-state index is 0.119. The van der Waals surface area contributed by atoms with E-state index in [-0.39, 0.29) is 24.9 Å². The van der Waals surface area contributed by atoms with E-state index in [0.29, 0.717) is 5.56 Å². The molecule has 7 heteroatoms. The predicted octanol–water partition coefficient (Wildman–Crippen LogP) is 1.07. The number of rotatable bonds is 6. The van der Waals surface area contributed by atoms with E-state index in [1.807, 2.05) is 23.1 Å². The number of hydrogen-bond donors (Lipinski definition) is 2. The third kappa shape index (κ3) is 4.37. The lowest BCUT2D eigenvalue weighted by atomic mass is 10.2. The normalized spacial score (nSPS) is 9.91. The summed E-state index contributed by atoms with van der Waals surface area (Å²) < 4.78 is 1.89. The van der Waals surface area contributed by atoms with E-state index in [1.54, 1.807) is 24.4 Å². The predicted molar refractivity (Wildman–Crippen MR) is 89.5 cm³/mol. The van der Waals surface area contributed by atoms with E-state index in [4.69, 9.17) is 6.42 Å². The first-order valence-electron chi connectivity index (χ1n) is 6.82. The molecule has 0 bridgehead atoms.